The summed E-state index contributed by atoms with van der Waals surface area (Å²) in [4.78, 5) is 13.0. The predicted octanol–water partition coefficient (Wildman–Crippen LogP) is 5.09. The number of Topliss-reactive ketones (excluding diaryl/α,β-unsaturated/α-hetero) is 1. The predicted molar refractivity (Wildman–Crippen MR) is 111 cm³/mol. The first kappa shape index (κ1) is 18.3. The van der Waals surface area contributed by atoms with Gasteiger partial charge in [0.05, 0.1) is 24.1 Å². The van der Waals surface area contributed by atoms with Crippen LogP contribution in [-0.4, -0.2) is 22.7 Å². The molecule has 0 amide bonds. The summed E-state index contributed by atoms with van der Waals surface area (Å²) >= 11 is 0. The number of hydrogen-bond acceptors (Lipinski definition) is 4. The van der Waals surface area contributed by atoms with E-state index < -0.39 is 0 Å². The summed E-state index contributed by atoms with van der Waals surface area (Å²) in [7, 11) is 1.65. The molecule has 0 atom stereocenters. The van der Waals surface area contributed by atoms with Gasteiger partial charge >= 0.3 is 0 Å². The van der Waals surface area contributed by atoms with E-state index >= 15 is 0 Å². The number of nitrogens with zero attached hydrogens (tertiary/aromatic N) is 2. The lowest BCUT2D eigenvalue weighted by atomic mass is 9.76. The Hall–Kier alpha value is -3.08. The number of hydrogen-bond donors (Lipinski definition) is 1. The van der Waals surface area contributed by atoms with E-state index in [4.69, 9.17) is 9.84 Å². The molecule has 5 heteroatoms. The minimum atomic E-state index is -0.0890. The van der Waals surface area contributed by atoms with Gasteiger partial charge in [0.2, 0.25) is 0 Å². The number of nitrogens with one attached hydrogen (secondary N) is 1. The van der Waals surface area contributed by atoms with Crippen molar-refractivity contribution >= 4 is 17.3 Å². The lowest BCUT2D eigenvalue weighted by Crippen LogP contribution is -2.28. The van der Waals surface area contributed by atoms with Crippen molar-refractivity contribution in [2.75, 3.05) is 12.4 Å². The summed E-state index contributed by atoms with van der Waals surface area (Å²) < 4.78 is 7.17. The lowest BCUT2D eigenvalue weighted by molar-refractivity contribution is 0.0912. The van der Waals surface area contributed by atoms with Crippen LogP contribution in [0, 0.1) is 12.3 Å². The smallest absolute Gasteiger partial charge is 0.169 e. The van der Waals surface area contributed by atoms with Crippen LogP contribution >= 0.6 is 0 Å². The fourth-order valence-corrected chi connectivity index (χ4v) is 3.81. The molecule has 1 aliphatic rings. The van der Waals surface area contributed by atoms with Crippen LogP contribution in [0.1, 0.15) is 41.9 Å². The third-order valence-electron chi connectivity index (χ3n) is 5.26. The number of benzene rings is 2. The molecule has 0 fully saturated rings. The fraction of sp³-hybridized carbons (Fsp3) is 0.304. The summed E-state index contributed by atoms with van der Waals surface area (Å²) in [5, 5.41) is 8.21. The van der Waals surface area contributed by atoms with Crippen molar-refractivity contribution in [3.05, 3.63) is 65.4 Å². The van der Waals surface area contributed by atoms with Crippen LogP contribution < -0.4 is 10.1 Å². The molecular weight excluding hydrogens is 350 g/mol. The Morgan fingerprint density at radius 3 is 2.46 bits per heavy atom. The van der Waals surface area contributed by atoms with Crippen molar-refractivity contribution in [1.82, 2.24) is 9.78 Å². The first-order chi connectivity index (χ1) is 13.4. The van der Waals surface area contributed by atoms with E-state index in [0.29, 0.717) is 17.8 Å². The molecule has 0 saturated carbocycles. The maximum absolute atomic E-state index is 13.0. The topological polar surface area (TPSA) is 56.1 Å². The maximum atomic E-state index is 13.0. The van der Waals surface area contributed by atoms with E-state index in [-0.39, 0.29) is 11.2 Å². The average Bonchev–Trinajstić information content (AvgIpc) is 3.01. The van der Waals surface area contributed by atoms with Crippen molar-refractivity contribution in [3.8, 4) is 11.4 Å². The third-order valence-corrected chi connectivity index (χ3v) is 5.26. The monoisotopic (exact) mass is 375 g/mol. The van der Waals surface area contributed by atoms with E-state index in [9.17, 15) is 4.79 Å². The number of fused-ring (bicyclic) bond motifs is 1. The highest BCUT2D eigenvalue weighted by Crippen LogP contribution is 2.39. The molecule has 0 saturated heterocycles. The molecule has 28 heavy (non-hydrogen) atoms. The van der Waals surface area contributed by atoms with Crippen LogP contribution in [-0.2, 0) is 6.42 Å². The second-order valence-electron chi connectivity index (χ2n) is 8.16. The Bertz CT molecular complexity index is 1030. The molecule has 0 bridgehead atoms. The first-order valence-electron chi connectivity index (χ1n) is 9.50. The number of methoxy groups -OCH3 is 1. The Balaban J connectivity index is 1.84. The Kier molecular flexibility index (Phi) is 4.46. The molecule has 0 aliphatic heterocycles. The highest BCUT2D eigenvalue weighted by atomic mass is 16.5. The summed E-state index contributed by atoms with van der Waals surface area (Å²) in [5.74, 6) is 1.56. The van der Waals surface area contributed by atoms with Crippen molar-refractivity contribution in [1.29, 1.82) is 0 Å². The van der Waals surface area contributed by atoms with E-state index in [1.54, 1.807) is 7.11 Å². The van der Waals surface area contributed by atoms with Gasteiger partial charge in [-0.25, -0.2) is 4.68 Å². The first-order valence-corrected chi connectivity index (χ1v) is 9.50. The van der Waals surface area contributed by atoms with Crippen molar-refractivity contribution in [2.24, 2.45) is 5.41 Å². The third kappa shape index (κ3) is 3.28. The molecule has 0 radical (unpaired) electrons. The average molecular weight is 375 g/mol. The molecule has 5 nitrogen and oxygen atoms in total. The number of anilines is 2. The minimum absolute atomic E-state index is 0.0890. The highest BCUT2D eigenvalue weighted by Gasteiger charge is 2.37. The Morgan fingerprint density at radius 1 is 1.07 bits per heavy atom. The van der Waals surface area contributed by atoms with Crippen LogP contribution in [0.2, 0.25) is 0 Å². The molecule has 1 aromatic heterocycles. The molecule has 3 aromatic rings. The number of carbonyl (C=O) groups is 1. The standard InChI is InChI=1S/C23H25N3O2/c1-15-7-5-6-8-18(15)24-22-21-19(13-23(2,3)14-20(21)27)26(25-22)16-9-11-17(28-4)12-10-16/h5-12H,13-14H2,1-4H3,(H,24,25). The van der Waals surface area contributed by atoms with E-state index in [0.717, 1.165) is 34.8 Å². The normalized spacial score (nSPS) is 15.2. The van der Waals surface area contributed by atoms with Gasteiger partial charge in [-0.3, -0.25) is 4.79 Å². The molecule has 1 N–H and O–H groups in total. The van der Waals surface area contributed by atoms with Crippen molar-refractivity contribution < 1.29 is 9.53 Å². The van der Waals surface area contributed by atoms with Gasteiger partial charge in [-0.15, -0.1) is 5.10 Å². The molecular formula is C23H25N3O2. The van der Waals surface area contributed by atoms with Crippen LogP contribution in [0.5, 0.6) is 5.75 Å². The van der Waals surface area contributed by atoms with E-state index in [1.807, 2.05) is 60.1 Å². The number of ether oxygens (including phenoxy) is 1. The number of ketones is 1. The van der Waals surface area contributed by atoms with Crippen molar-refractivity contribution in [3.63, 3.8) is 0 Å². The van der Waals surface area contributed by atoms with Gasteiger partial charge in [-0.2, -0.15) is 0 Å². The highest BCUT2D eigenvalue weighted by molar-refractivity contribution is 6.03. The second kappa shape index (κ2) is 6.82. The van der Waals surface area contributed by atoms with Crippen LogP contribution in [0.4, 0.5) is 11.5 Å². The van der Waals surface area contributed by atoms with Gasteiger partial charge in [0, 0.05) is 12.1 Å². The van der Waals surface area contributed by atoms with Gasteiger partial charge in [-0.1, -0.05) is 32.0 Å². The maximum Gasteiger partial charge on any atom is 0.169 e. The summed E-state index contributed by atoms with van der Waals surface area (Å²) in [6.45, 7) is 6.31. The van der Waals surface area contributed by atoms with Gasteiger partial charge in [-0.05, 0) is 54.7 Å². The van der Waals surface area contributed by atoms with Gasteiger partial charge in [0.1, 0.15) is 5.75 Å². The summed E-state index contributed by atoms with van der Waals surface area (Å²) in [6, 6.07) is 15.8. The Morgan fingerprint density at radius 2 is 1.79 bits per heavy atom. The van der Waals surface area contributed by atoms with Gasteiger partial charge in [0.15, 0.2) is 11.6 Å². The molecule has 1 aliphatic carbocycles. The summed E-state index contributed by atoms with van der Waals surface area (Å²) in [6.07, 6.45) is 1.32. The van der Waals surface area contributed by atoms with E-state index in [1.165, 1.54) is 0 Å². The molecule has 2 aromatic carbocycles. The van der Waals surface area contributed by atoms with Gasteiger partial charge < -0.3 is 10.1 Å². The number of aromatic nitrogens is 2. The molecule has 144 valence electrons. The molecule has 4 rings (SSSR count). The summed E-state index contributed by atoms with van der Waals surface area (Å²) in [5.41, 5.74) is 4.57. The molecule has 0 unspecified atom stereocenters. The van der Waals surface area contributed by atoms with E-state index in [2.05, 4.69) is 19.2 Å². The molecule has 1 heterocycles. The quantitative estimate of drug-likeness (QED) is 0.690. The zero-order chi connectivity index (χ0) is 19.9. The van der Waals surface area contributed by atoms with Crippen LogP contribution in [0.3, 0.4) is 0 Å². The van der Waals surface area contributed by atoms with Crippen LogP contribution in [0.25, 0.3) is 5.69 Å². The fourth-order valence-electron chi connectivity index (χ4n) is 3.81. The lowest BCUT2D eigenvalue weighted by Gasteiger charge is -2.29. The van der Waals surface area contributed by atoms with Crippen LogP contribution in [0.15, 0.2) is 48.5 Å². The number of aryl methyl sites for hydroxylation is 1. The number of para-hydroxylation sites is 1. The Labute approximate surface area is 165 Å². The zero-order valence-corrected chi connectivity index (χ0v) is 16.7. The SMILES string of the molecule is COc1ccc(-n2nc(Nc3ccccc3C)c3c2CC(C)(C)CC3=O)cc1. The number of rotatable bonds is 4. The largest absolute Gasteiger partial charge is 0.497 e. The van der Waals surface area contributed by atoms with Gasteiger partial charge in [0.25, 0.3) is 0 Å². The number of carbonyl (C=O) groups excluding carboxylic acids is 1. The van der Waals surface area contributed by atoms with Crippen molar-refractivity contribution in [2.45, 2.75) is 33.6 Å². The minimum Gasteiger partial charge on any atom is -0.497 e. The second-order valence-corrected chi connectivity index (χ2v) is 8.16. The molecule has 0 spiro atoms. The zero-order valence-electron chi connectivity index (χ0n) is 16.7.